The van der Waals surface area contributed by atoms with Crippen LogP contribution in [0.15, 0.2) is 28.7 Å². The number of aryl methyl sites for hydroxylation is 1. The Morgan fingerprint density at radius 3 is 2.65 bits per heavy atom. The first-order valence-corrected chi connectivity index (χ1v) is 6.79. The quantitative estimate of drug-likeness (QED) is 0.813. The summed E-state index contributed by atoms with van der Waals surface area (Å²) in [7, 11) is 0. The zero-order valence-electron chi connectivity index (χ0n) is 11.0. The lowest BCUT2D eigenvalue weighted by Gasteiger charge is -2.24. The predicted octanol–water partition coefficient (Wildman–Crippen LogP) is 3.19. The molecule has 2 rings (SSSR count). The minimum Gasteiger partial charge on any atom is -0.410 e. The van der Waals surface area contributed by atoms with E-state index in [9.17, 15) is 4.79 Å². The van der Waals surface area contributed by atoms with Crippen LogP contribution in [0.1, 0.15) is 18.4 Å². The highest BCUT2D eigenvalue weighted by Crippen LogP contribution is 2.23. The van der Waals surface area contributed by atoms with Gasteiger partial charge in [0.05, 0.1) is 0 Å². The maximum Gasteiger partial charge on any atom is 0.312 e. The first-order chi connectivity index (χ1) is 9.49. The Balaban J connectivity index is 2.35. The molecule has 0 aliphatic rings. The summed E-state index contributed by atoms with van der Waals surface area (Å²) in [6.45, 7) is 3.66. The molecule has 0 aliphatic carbocycles. The fourth-order valence-corrected chi connectivity index (χ4v) is 2.04. The van der Waals surface area contributed by atoms with Crippen molar-refractivity contribution in [2.45, 2.75) is 25.8 Å². The first-order valence-electron chi connectivity index (χ1n) is 5.98. The molecule has 0 aliphatic heterocycles. The molecule has 20 heavy (non-hydrogen) atoms. The molecule has 5 nitrogen and oxygen atoms in total. The van der Waals surface area contributed by atoms with Gasteiger partial charge in [-0.3, -0.25) is 4.79 Å². The van der Waals surface area contributed by atoms with Gasteiger partial charge < -0.3 is 9.32 Å². The van der Waals surface area contributed by atoms with Crippen molar-refractivity contribution in [3.05, 3.63) is 41.1 Å². The number of aromatic nitrogens is 2. The molecule has 1 atom stereocenters. The van der Waals surface area contributed by atoms with E-state index in [2.05, 4.69) is 10.2 Å². The lowest BCUT2D eigenvalue weighted by Crippen LogP contribution is -2.35. The number of hydrogen-bond acceptors (Lipinski definition) is 4. The molecule has 0 spiro atoms. The molecule has 1 aromatic carbocycles. The largest absolute Gasteiger partial charge is 0.410 e. The van der Waals surface area contributed by atoms with Gasteiger partial charge in [0.2, 0.25) is 11.8 Å². The lowest BCUT2D eigenvalue weighted by molar-refractivity contribution is -0.118. The van der Waals surface area contributed by atoms with Gasteiger partial charge in [0.25, 0.3) is 0 Å². The van der Waals surface area contributed by atoms with E-state index < -0.39 is 5.38 Å². The summed E-state index contributed by atoms with van der Waals surface area (Å²) in [5.41, 5.74) is 1.70. The summed E-state index contributed by atoms with van der Waals surface area (Å²) in [5.74, 6) is 0.0132. The van der Waals surface area contributed by atoms with E-state index in [4.69, 9.17) is 27.6 Å². The van der Waals surface area contributed by atoms with E-state index in [1.54, 1.807) is 6.92 Å². The predicted molar refractivity (Wildman–Crippen MR) is 77.0 cm³/mol. The minimum absolute atomic E-state index is 0.0592. The third-order valence-electron chi connectivity index (χ3n) is 2.75. The maximum atomic E-state index is 12.3. The number of nitrogens with zero attached hydrogens (tertiary/aromatic N) is 3. The van der Waals surface area contributed by atoms with Gasteiger partial charge in [0.15, 0.2) is 0 Å². The second kappa shape index (κ2) is 6.24. The lowest BCUT2D eigenvalue weighted by atomic mass is 10.1. The second-order valence-corrected chi connectivity index (χ2v) is 5.25. The average molecular weight is 314 g/mol. The van der Waals surface area contributed by atoms with Gasteiger partial charge in [-0.2, -0.15) is 0 Å². The molecule has 1 heterocycles. The van der Waals surface area contributed by atoms with E-state index in [-0.39, 0.29) is 23.7 Å². The average Bonchev–Trinajstić information content (AvgIpc) is 2.81. The van der Waals surface area contributed by atoms with Gasteiger partial charge in [-0.15, -0.1) is 16.7 Å². The van der Waals surface area contributed by atoms with Crippen molar-refractivity contribution < 1.29 is 9.21 Å². The summed E-state index contributed by atoms with van der Waals surface area (Å²) < 4.78 is 5.11. The molecule has 2 aromatic rings. The van der Waals surface area contributed by atoms with E-state index in [1.807, 2.05) is 31.2 Å². The van der Waals surface area contributed by atoms with Crippen LogP contribution in [0.25, 0.3) is 0 Å². The van der Waals surface area contributed by atoms with Crippen LogP contribution in [-0.2, 0) is 11.3 Å². The number of carbonyl (C=O) groups is 1. The number of alkyl halides is 1. The van der Waals surface area contributed by atoms with Crippen molar-refractivity contribution in [3.8, 4) is 0 Å². The molecule has 0 N–H and O–H groups in total. The molecular formula is C13H13Cl2N3O2. The third kappa shape index (κ3) is 3.29. The van der Waals surface area contributed by atoms with Crippen molar-refractivity contribution >= 4 is 34.8 Å². The van der Waals surface area contributed by atoms with Crippen molar-refractivity contribution in [2.75, 3.05) is 4.90 Å². The smallest absolute Gasteiger partial charge is 0.312 e. The number of amides is 1. The van der Waals surface area contributed by atoms with Crippen LogP contribution >= 0.6 is 23.2 Å². The summed E-state index contributed by atoms with van der Waals surface area (Å²) in [5, 5.41) is 6.62. The van der Waals surface area contributed by atoms with Crippen molar-refractivity contribution in [3.63, 3.8) is 0 Å². The molecule has 1 unspecified atom stereocenters. The molecule has 0 saturated carbocycles. The van der Waals surface area contributed by atoms with Crippen LogP contribution < -0.4 is 4.90 Å². The van der Waals surface area contributed by atoms with E-state index >= 15 is 0 Å². The highest BCUT2D eigenvalue weighted by molar-refractivity contribution is 6.32. The minimum atomic E-state index is -0.659. The normalized spacial score (nSPS) is 12.2. The van der Waals surface area contributed by atoms with Crippen molar-refractivity contribution in [1.82, 2.24) is 10.2 Å². The Morgan fingerprint density at radius 1 is 1.40 bits per heavy atom. The van der Waals surface area contributed by atoms with Gasteiger partial charge in [-0.25, -0.2) is 0 Å². The maximum absolute atomic E-state index is 12.3. The SMILES string of the molecule is Cc1ccccc1N(Cc1nnc(Cl)o1)C(=O)C(C)Cl. The third-order valence-corrected chi connectivity index (χ3v) is 3.09. The van der Waals surface area contributed by atoms with Crippen molar-refractivity contribution in [2.24, 2.45) is 0 Å². The molecule has 0 saturated heterocycles. The first kappa shape index (κ1) is 14.8. The number of anilines is 1. The van der Waals surface area contributed by atoms with Gasteiger partial charge in [-0.1, -0.05) is 23.3 Å². The van der Waals surface area contributed by atoms with Gasteiger partial charge in [0, 0.05) is 5.69 Å². The zero-order valence-corrected chi connectivity index (χ0v) is 12.5. The topological polar surface area (TPSA) is 59.2 Å². The van der Waals surface area contributed by atoms with Crippen molar-refractivity contribution in [1.29, 1.82) is 0 Å². The monoisotopic (exact) mass is 313 g/mol. The molecule has 7 heteroatoms. The van der Waals surface area contributed by atoms with Gasteiger partial charge >= 0.3 is 5.35 Å². The Kier molecular flexibility index (Phi) is 4.62. The summed E-state index contributed by atoms with van der Waals surface area (Å²) in [4.78, 5) is 13.8. The summed E-state index contributed by atoms with van der Waals surface area (Å²) >= 11 is 11.5. The second-order valence-electron chi connectivity index (χ2n) is 4.28. The van der Waals surface area contributed by atoms with E-state index in [0.29, 0.717) is 0 Å². The summed E-state index contributed by atoms with van der Waals surface area (Å²) in [6, 6.07) is 7.50. The number of benzene rings is 1. The molecule has 0 bridgehead atoms. The fraction of sp³-hybridized carbons (Fsp3) is 0.308. The van der Waals surface area contributed by atoms with Gasteiger partial charge in [0.1, 0.15) is 11.9 Å². The Hall–Kier alpha value is -1.59. The standard InChI is InChI=1S/C13H13Cl2N3O2/c1-8-5-3-4-6-10(8)18(12(19)9(2)14)7-11-16-17-13(15)20-11/h3-6,9H,7H2,1-2H3. The molecule has 1 aromatic heterocycles. The van der Waals surface area contributed by atoms with Crippen LogP contribution in [0.4, 0.5) is 5.69 Å². The number of carbonyl (C=O) groups excluding carboxylic acids is 1. The highest BCUT2D eigenvalue weighted by atomic mass is 35.5. The van der Waals surface area contributed by atoms with E-state index in [0.717, 1.165) is 11.3 Å². The number of rotatable bonds is 4. The molecule has 106 valence electrons. The Morgan fingerprint density at radius 2 is 2.10 bits per heavy atom. The molecular weight excluding hydrogens is 301 g/mol. The van der Waals surface area contributed by atoms with Crippen LogP contribution in [0.3, 0.4) is 0 Å². The summed E-state index contributed by atoms with van der Waals surface area (Å²) in [6.07, 6.45) is 0. The van der Waals surface area contributed by atoms with Crippen LogP contribution in [-0.4, -0.2) is 21.5 Å². The molecule has 0 fully saturated rings. The fourth-order valence-electron chi connectivity index (χ4n) is 1.80. The Labute approximate surface area is 126 Å². The molecule has 0 radical (unpaired) electrons. The van der Waals surface area contributed by atoms with Crippen LogP contribution in [0.2, 0.25) is 5.35 Å². The Bertz CT molecular complexity index is 613. The highest BCUT2D eigenvalue weighted by Gasteiger charge is 2.23. The zero-order chi connectivity index (χ0) is 14.7. The number of halogens is 2. The number of para-hydroxylation sites is 1. The molecule has 1 amide bonds. The number of hydrogen-bond donors (Lipinski definition) is 0. The van der Waals surface area contributed by atoms with E-state index in [1.165, 1.54) is 4.90 Å². The van der Waals surface area contributed by atoms with Crippen LogP contribution in [0, 0.1) is 6.92 Å². The van der Waals surface area contributed by atoms with Crippen LogP contribution in [0.5, 0.6) is 0 Å². The van der Waals surface area contributed by atoms with Gasteiger partial charge in [-0.05, 0) is 37.1 Å².